The number of likely N-dealkylation sites (tertiary alicyclic amines) is 1. The van der Waals surface area contributed by atoms with Crippen molar-refractivity contribution in [2.24, 2.45) is 5.92 Å². The van der Waals surface area contributed by atoms with Crippen LogP contribution in [0.3, 0.4) is 0 Å². The summed E-state index contributed by atoms with van der Waals surface area (Å²) in [6.45, 7) is 2.53. The Kier molecular flexibility index (Phi) is 7.46. The van der Waals surface area contributed by atoms with Gasteiger partial charge in [0.2, 0.25) is 0 Å². The molecule has 30 heavy (non-hydrogen) atoms. The fourth-order valence-corrected chi connectivity index (χ4v) is 4.20. The smallest absolute Gasteiger partial charge is 0.309 e. The van der Waals surface area contributed by atoms with Gasteiger partial charge in [-0.15, -0.1) is 11.3 Å². The van der Waals surface area contributed by atoms with Crippen LogP contribution < -0.4 is 10.1 Å². The molecule has 8 heteroatoms. The van der Waals surface area contributed by atoms with Crippen LogP contribution in [-0.4, -0.2) is 49.5 Å². The fraction of sp³-hybridized carbons (Fsp3) is 0.409. The van der Waals surface area contributed by atoms with Crippen LogP contribution in [0, 0.1) is 5.92 Å². The number of piperidine rings is 1. The van der Waals surface area contributed by atoms with Crippen molar-refractivity contribution in [3.63, 3.8) is 0 Å². The average molecular weight is 431 g/mol. The molecule has 1 saturated heterocycles. The van der Waals surface area contributed by atoms with E-state index >= 15 is 0 Å². The normalized spacial score (nSPS) is 15.3. The predicted molar refractivity (Wildman–Crippen MR) is 113 cm³/mol. The van der Waals surface area contributed by atoms with Gasteiger partial charge in [-0.2, -0.15) is 0 Å². The number of hydrogen-bond acceptors (Lipinski definition) is 6. The van der Waals surface area contributed by atoms with Gasteiger partial charge in [0, 0.05) is 18.7 Å². The van der Waals surface area contributed by atoms with Crippen molar-refractivity contribution in [2.45, 2.75) is 25.8 Å². The zero-order valence-corrected chi connectivity index (χ0v) is 17.9. The summed E-state index contributed by atoms with van der Waals surface area (Å²) in [6, 6.07) is 10.8. The van der Waals surface area contributed by atoms with Crippen LogP contribution in [0.15, 0.2) is 41.8 Å². The van der Waals surface area contributed by atoms with E-state index in [9.17, 15) is 14.4 Å². The van der Waals surface area contributed by atoms with Crippen LogP contribution in [0.4, 0.5) is 0 Å². The molecule has 0 saturated carbocycles. The van der Waals surface area contributed by atoms with E-state index in [1.165, 1.54) is 11.3 Å². The number of carbonyl (C=O) groups excluding carboxylic acids is 3. The standard InChI is InChI=1S/C22H26N2O5S/c1-15(17-6-3-4-7-18(17)28-2)23-20(25)14-29-22(27)16-9-11-24(12-10-16)21(26)19-8-5-13-30-19/h3-8,13,15-16H,9-12,14H2,1-2H3,(H,23,25). The number of para-hydroxylation sites is 1. The topological polar surface area (TPSA) is 84.9 Å². The molecule has 7 nitrogen and oxygen atoms in total. The van der Waals surface area contributed by atoms with Gasteiger partial charge in [-0.05, 0) is 37.3 Å². The highest BCUT2D eigenvalue weighted by atomic mass is 32.1. The first-order chi connectivity index (χ1) is 14.5. The van der Waals surface area contributed by atoms with E-state index in [1.807, 2.05) is 42.6 Å². The molecule has 0 radical (unpaired) electrons. The zero-order chi connectivity index (χ0) is 21.5. The highest BCUT2D eigenvalue weighted by molar-refractivity contribution is 7.12. The van der Waals surface area contributed by atoms with Crippen LogP contribution in [0.5, 0.6) is 5.75 Å². The minimum atomic E-state index is -0.390. The second-order valence-corrected chi connectivity index (χ2v) is 8.13. The highest BCUT2D eigenvalue weighted by Gasteiger charge is 2.29. The van der Waals surface area contributed by atoms with Crippen molar-refractivity contribution in [3.05, 3.63) is 52.2 Å². The van der Waals surface area contributed by atoms with Gasteiger partial charge in [-0.25, -0.2) is 0 Å². The number of nitrogens with one attached hydrogen (secondary N) is 1. The van der Waals surface area contributed by atoms with Crippen molar-refractivity contribution >= 4 is 29.1 Å². The molecule has 2 heterocycles. The molecule has 1 unspecified atom stereocenters. The van der Waals surface area contributed by atoms with Crippen molar-refractivity contribution in [1.29, 1.82) is 0 Å². The third-order valence-corrected chi connectivity index (χ3v) is 6.03. The monoisotopic (exact) mass is 430 g/mol. The second-order valence-electron chi connectivity index (χ2n) is 7.18. The molecule has 3 rings (SSSR count). The van der Waals surface area contributed by atoms with Crippen LogP contribution in [0.25, 0.3) is 0 Å². The molecular formula is C22H26N2O5S. The third-order valence-electron chi connectivity index (χ3n) is 5.18. The number of thiophene rings is 1. The molecule has 1 fully saturated rings. The largest absolute Gasteiger partial charge is 0.496 e. The maximum absolute atomic E-state index is 12.4. The van der Waals surface area contributed by atoms with Crippen LogP contribution in [-0.2, 0) is 14.3 Å². The van der Waals surface area contributed by atoms with Crippen LogP contribution in [0.1, 0.15) is 41.0 Å². The first-order valence-corrected chi connectivity index (χ1v) is 10.8. The first-order valence-electron chi connectivity index (χ1n) is 9.91. The number of amides is 2. The first kappa shape index (κ1) is 21.8. The van der Waals surface area contributed by atoms with Crippen LogP contribution >= 0.6 is 11.3 Å². The highest BCUT2D eigenvalue weighted by Crippen LogP contribution is 2.24. The minimum Gasteiger partial charge on any atom is -0.496 e. The third kappa shape index (κ3) is 5.38. The summed E-state index contributed by atoms with van der Waals surface area (Å²) in [7, 11) is 1.58. The molecule has 1 aliphatic heterocycles. The summed E-state index contributed by atoms with van der Waals surface area (Å²) < 4.78 is 10.5. The lowest BCUT2D eigenvalue weighted by molar-refractivity contribution is -0.154. The van der Waals surface area contributed by atoms with Crippen molar-refractivity contribution in [3.8, 4) is 5.75 Å². The Balaban J connectivity index is 1.42. The minimum absolute atomic E-state index is 0.00141. The summed E-state index contributed by atoms with van der Waals surface area (Å²) in [5, 5.41) is 4.69. The van der Waals surface area contributed by atoms with E-state index in [4.69, 9.17) is 9.47 Å². The van der Waals surface area contributed by atoms with Gasteiger partial charge in [0.25, 0.3) is 11.8 Å². The molecular weight excluding hydrogens is 404 g/mol. The van der Waals surface area contributed by atoms with E-state index in [2.05, 4.69) is 5.32 Å². The van der Waals surface area contributed by atoms with Crippen molar-refractivity contribution in [2.75, 3.05) is 26.8 Å². The van der Waals surface area contributed by atoms with E-state index in [0.717, 1.165) is 5.56 Å². The summed E-state index contributed by atoms with van der Waals surface area (Å²) in [5.74, 6) is -0.366. The van der Waals surface area contributed by atoms with E-state index in [-0.39, 0.29) is 30.4 Å². The lowest BCUT2D eigenvalue weighted by Gasteiger charge is -2.30. The number of nitrogens with zero attached hydrogens (tertiary/aromatic N) is 1. The molecule has 1 atom stereocenters. The quantitative estimate of drug-likeness (QED) is 0.683. The number of rotatable bonds is 7. The molecule has 2 aromatic rings. The Hall–Kier alpha value is -2.87. The molecule has 1 aromatic carbocycles. The lowest BCUT2D eigenvalue weighted by Crippen LogP contribution is -2.41. The summed E-state index contributed by atoms with van der Waals surface area (Å²) in [4.78, 5) is 39.4. The Morgan fingerprint density at radius 2 is 1.90 bits per heavy atom. The molecule has 1 aromatic heterocycles. The number of methoxy groups -OCH3 is 1. The molecule has 160 valence electrons. The SMILES string of the molecule is COc1ccccc1C(C)NC(=O)COC(=O)C1CCN(C(=O)c2cccs2)CC1. The predicted octanol–water partition coefficient (Wildman–Crippen LogP) is 3.03. The van der Waals surface area contributed by atoms with Gasteiger partial charge < -0.3 is 19.7 Å². The Bertz CT molecular complexity index is 875. The fourth-order valence-electron chi connectivity index (χ4n) is 3.51. The van der Waals surface area contributed by atoms with E-state index in [0.29, 0.717) is 36.6 Å². The number of hydrogen-bond donors (Lipinski definition) is 1. The molecule has 0 bridgehead atoms. The van der Waals surface area contributed by atoms with E-state index < -0.39 is 5.97 Å². The van der Waals surface area contributed by atoms with Gasteiger partial charge in [0.15, 0.2) is 6.61 Å². The maximum atomic E-state index is 12.4. The van der Waals surface area contributed by atoms with Crippen molar-refractivity contribution in [1.82, 2.24) is 10.2 Å². The van der Waals surface area contributed by atoms with Gasteiger partial charge in [0.1, 0.15) is 5.75 Å². The zero-order valence-electron chi connectivity index (χ0n) is 17.1. The Morgan fingerprint density at radius 3 is 2.57 bits per heavy atom. The lowest BCUT2D eigenvalue weighted by atomic mass is 9.97. The number of benzene rings is 1. The van der Waals surface area contributed by atoms with Crippen molar-refractivity contribution < 1.29 is 23.9 Å². The summed E-state index contributed by atoms with van der Waals surface area (Å²) >= 11 is 1.41. The number of carbonyl (C=O) groups is 3. The van der Waals surface area contributed by atoms with Gasteiger partial charge in [0.05, 0.1) is 23.9 Å². The Morgan fingerprint density at radius 1 is 1.17 bits per heavy atom. The second kappa shape index (κ2) is 10.2. The Labute approximate surface area is 180 Å². The maximum Gasteiger partial charge on any atom is 0.309 e. The van der Waals surface area contributed by atoms with Gasteiger partial charge in [-0.1, -0.05) is 24.3 Å². The molecule has 1 N–H and O–H groups in total. The molecule has 1 aliphatic rings. The number of ether oxygens (including phenoxy) is 2. The van der Waals surface area contributed by atoms with Crippen LogP contribution in [0.2, 0.25) is 0 Å². The molecule has 2 amide bonds. The van der Waals surface area contributed by atoms with Gasteiger partial charge in [-0.3, -0.25) is 14.4 Å². The summed E-state index contributed by atoms with van der Waals surface area (Å²) in [6.07, 6.45) is 1.07. The average Bonchev–Trinajstić information content (AvgIpc) is 3.32. The molecule has 0 spiro atoms. The summed E-state index contributed by atoms with van der Waals surface area (Å²) in [5.41, 5.74) is 0.849. The molecule has 0 aliphatic carbocycles. The number of esters is 1. The van der Waals surface area contributed by atoms with Gasteiger partial charge >= 0.3 is 5.97 Å². The van der Waals surface area contributed by atoms with E-state index in [1.54, 1.807) is 18.1 Å².